The topological polar surface area (TPSA) is 104 Å². The summed E-state index contributed by atoms with van der Waals surface area (Å²) < 4.78 is 1.55. The normalized spacial score (nSPS) is 13.5. The number of thiophene rings is 1. The van der Waals surface area contributed by atoms with E-state index in [1.807, 2.05) is 48.5 Å². The van der Waals surface area contributed by atoms with Crippen LogP contribution in [0.1, 0.15) is 22.4 Å². The van der Waals surface area contributed by atoms with Gasteiger partial charge in [0.25, 0.3) is 5.56 Å². The number of carbonyl (C=O) groups excluding carboxylic acids is 2. The molecule has 0 fully saturated rings. The molecule has 1 amide bonds. The van der Waals surface area contributed by atoms with Crippen molar-refractivity contribution in [3.05, 3.63) is 87.0 Å². The van der Waals surface area contributed by atoms with Crippen molar-refractivity contribution in [1.29, 1.82) is 0 Å². The van der Waals surface area contributed by atoms with Crippen molar-refractivity contribution in [2.45, 2.75) is 36.9 Å². The molecule has 178 valence electrons. The third kappa shape index (κ3) is 4.87. The van der Waals surface area contributed by atoms with Crippen LogP contribution >= 0.6 is 23.1 Å². The monoisotopic (exact) mass is 504 g/mol. The van der Waals surface area contributed by atoms with Gasteiger partial charge in [-0.1, -0.05) is 60.3 Å². The Hall–Kier alpha value is -3.43. The smallest absolute Gasteiger partial charge is 0.267 e. The molecule has 1 N–H and O–H groups in total. The van der Waals surface area contributed by atoms with Gasteiger partial charge < -0.3 is 15.2 Å². The second kappa shape index (κ2) is 10.1. The quantitative estimate of drug-likeness (QED) is 0.292. The number of aryl methyl sites for hydroxylation is 2. The fraction of sp³-hybridized carbons (Fsp3) is 0.231. The van der Waals surface area contributed by atoms with Crippen LogP contribution in [0.5, 0.6) is 0 Å². The standard InChI is InChI=1S/C26H23N3O4S2/c30-21(27-19(25(32)33)14-16-8-3-1-4-9-16)15-34-26-28-23-22(18-12-7-13-20(18)35-23)24(31)29(26)17-10-5-2-6-11-17/h1-6,8-11,19H,7,12-15H2,(H,27,30)(H,32,33)/p-1/t19-/m1/s1. The summed E-state index contributed by atoms with van der Waals surface area (Å²) in [6.45, 7) is 0. The molecule has 2 heterocycles. The molecule has 5 rings (SSSR count). The first-order valence-electron chi connectivity index (χ1n) is 11.3. The van der Waals surface area contributed by atoms with E-state index in [0.717, 1.165) is 42.2 Å². The summed E-state index contributed by atoms with van der Waals surface area (Å²) in [5, 5.41) is 15.2. The van der Waals surface area contributed by atoms with Crippen LogP contribution < -0.4 is 16.0 Å². The van der Waals surface area contributed by atoms with Gasteiger partial charge in [0.05, 0.1) is 28.8 Å². The van der Waals surface area contributed by atoms with E-state index in [1.54, 1.807) is 28.0 Å². The van der Waals surface area contributed by atoms with Crippen LogP contribution in [-0.4, -0.2) is 33.2 Å². The maximum absolute atomic E-state index is 13.6. The van der Waals surface area contributed by atoms with Crippen LogP contribution in [0.15, 0.2) is 70.6 Å². The minimum atomic E-state index is -1.35. The van der Waals surface area contributed by atoms with Gasteiger partial charge in [-0.25, -0.2) is 4.98 Å². The number of aromatic nitrogens is 2. The van der Waals surface area contributed by atoms with Crippen LogP contribution in [0, 0.1) is 0 Å². The highest BCUT2D eigenvalue weighted by atomic mass is 32.2. The summed E-state index contributed by atoms with van der Waals surface area (Å²) in [5.74, 6) is -1.90. The first-order valence-corrected chi connectivity index (χ1v) is 13.1. The fourth-order valence-corrected chi connectivity index (χ4v) is 6.46. The zero-order chi connectivity index (χ0) is 24.4. The molecule has 9 heteroatoms. The predicted octanol–water partition coefficient (Wildman–Crippen LogP) is 2.51. The highest BCUT2D eigenvalue weighted by Gasteiger charge is 2.24. The number of fused-ring (bicyclic) bond motifs is 3. The van der Waals surface area contributed by atoms with Crippen molar-refractivity contribution in [2.24, 2.45) is 0 Å². The minimum absolute atomic E-state index is 0.0888. The Morgan fingerprint density at radius 2 is 1.80 bits per heavy atom. The van der Waals surface area contributed by atoms with Gasteiger partial charge in [-0.3, -0.25) is 14.2 Å². The lowest BCUT2D eigenvalue weighted by molar-refractivity contribution is -0.308. The lowest BCUT2D eigenvalue weighted by Crippen LogP contribution is -2.49. The largest absolute Gasteiger partial charge is 0.548 e. The fourth-order valence-electron chi connectivity index (χ4n) is 4.34. The van der Waals surface area contributed by atoms with Crippen LogP contribution in [-0.2, 0) is 28.9 Å². The van der Waals surface area contributed by atoms with E-state index in [1.165, 1.54) is 4.88 Å². The number of aliphatic carboxylic acids is 1. The second-order valence-corrected chi connectivity index (χ2v) is 10.4. The molecule has 0 spiro atoms. The number of benzene rings is 2. The van der Waals surface area contributed by atoms with Gasteiger partial charge in [-0.15, -0.1) is 11.3 Å². The Balaban J connectivity index is 1.41. The number of carboxylic acid groups (broad SMARTS) is 1. The number of para-hydroxylation sites is 1. The van der Waals surface area contributed by atoms with Crippen molar-refractivity contribution < 1.29 is 14.7 Å². The Bertz CT molecular complexity index is 1450. The molecule has 1 atom stereocenters. The van der Waals surface area contributed by atoms with Crippen molar-refractivity contribution >= 4 is 45.2 Å². The van der Waals surface area contributed by atoms with Gasteiger partial charge in [0, 0.05) is 4.88 Å². The van der Waals surface area contributed by atoms with E-state index < -0.39 is 17.9 Å². The van der Waals surface area contributed by atoms with Gasteiger partial charge in [0.1, 0.15) is 4.83 Å². The second-order valence-electron chi connectivity index (χ2n) is 8.33. The predicted molar refractivity (Wildman–Crippen MR) is 135 cm³/mol. The van der Waals surface area contributed by atoms with E-state index in [0.29, 0.717) is 21.1 Å². The Kier molecular flexibility index (Phi) is 6.70. The van der Waals surface area contributed by atoms with Crippen LogP contribution in [0.2, 0.25) is 0 Å². The molecule has 0 bridgehead atoms. The van der Waals surface area contributed by atoms with Crippen molar-refractivity contribution in [2.75, 3.05) is 5.75 Å². The van der Waals surface area contributed by atoms with E-state index in [9.17, 15) is 19.5 Å². The third-order valence-corrected chi connectivity index (χ3v) is 8.08. The Labute approximate surface area is 209 Å². The lowest BCUT2D eigenvalue weighted by atomic mass is 10.1. The van der Waals surface area contributed by atoms with Crippen molar-refractivity contribution in [1.82, 2.24) is 14.9 Å². The molecule has 2 aromatic carbocycles. The highest BCUT2D eigenvalue weighted by Crippen LogP contribution is 2.36. The number of hydrogen-bond donors (Lipinski definition) is 1. The molecule has 35 heavy (non-hydrogen) atoms. The number of carbonyl (C=O) groups is 2. The molecular weight excluding hydrogens is 482 g/mol. The molecule has 7 nitrogen and oxygen atoms in total. The summed E-state index contributed by atoms with van der Waals surface area (Å²) in [5.41, 5.74) is 2.41. The summed E-state index contributed by atoms with van der Waals surface area (Å²) in [4.78, 5) is 44.6. The van der Waals surface area contributed by atoms with Gasteiger partial charge in [0.2, 0.25) is 5.91 Å². The summed E-state index contributed by atoms with van der Waals surface area (Å²) in [6, 6.07) is 17.1. The van der Waals surface area contributed by atoms with Gasteiger partial charge in [-0.05, 0) is 48.9 Å². The number of nitrogens with zero attached hydrogens (tertiary/aromatic N) is 2. The van der Waals surface area contributed by atoms with Gasteiger partial charge in [0.15, 0.2) is 5.16 Å². The average Bonchev–Trinajstić information content (AvgIpc) is 3.44. The molecule has 0 unspecified atom stereocenters. The van der Waals surface area contributed by atoms with E-state index >= 15 is 0 Å². The van der Waals surface area contributed by atoms with Crippen LogP contribution in [0.4, 0.5) is 0 Å². The number of amides is 1. The van der Waals surface area contributed by atoms with Gasteiger partial charge >= 0.3 is 0 Å². The highest BCUT2D eigenvalue weighted by molar-refractivity contribution is 7.99. The van der Waals surface area contributed by atoms with Crippen LogP contribution in [0.3, 0.4) is 0 Å². The number of hydrogen-bond acceptors (Lipinski definition) is 7. The first kappa shape index (κ1) is 23.3. The maximum Gasteiger partial charge on any atom is 0.267 e. The van der Waals surface area contributed by atoms with Crippen molar-refractivity contribution in [3.8, 4) is 5.69 Å². The van der Waals surface area contributed by atoms with Gasteiger partial charge in [-0.2, -0.15) is 0 Å². The SMILES string of the molecule is O=C(CSc1nc2sc3c(c2c(=O)n1-c1ccccc1)CCC3)N[C@H](Cc1ccccc1)C(=O)[O-]. The molecule has 0 aliphatic heterocycles. The van der Waals surface area contributed by atoms with E-state index in [-0.39, 0.29) is 17.7 Å². The van der Waals surface area contributed by atoms with E-state index in [2.05, 4.69) is 5.32 Å². The first-order chi connectivity index (χ1) is 17.0. The maximum atomic E-state index is 13.6. The summed E-state index contributed by atoms with van der Waals surface area (Å²) in [7, 11) is 0. The van der Waals surface area contributed by atoms with E-state index in [4.69, 9.17) is 4.98 Å². The average molecular weight is 505 g/mol. The number of nitrogens with one attached hydrogen (secondary N) is 1. The molecular formula is C26H22N3O4S2-. The molecule has 4 aromatic rings. The zero-order valence-electron chi connectivity index (χ0n) is 18.7. The molecule has 1 aliphatic carbocycles. The zero-order valence-corrected chi connectivity index (χ0v) is 20.4. The lowest BCUT2D eigenvalue weighted by Gasteiger charge is -2.20. The molecule has 1 aliphatic rings. The number of thioether (sulfide) groups is 1. The Morgan fingerprint density at radius 3 is 2.51 bits per heavy atom. The summed E-state index contributed by atoms with van der Waals surface area (Å²) in [6.07, 6.45) is 3.00. The molecule has 0 saturated heterocycles. The molecule has 0 saturated carbocycles. The summed E-state index contributed by atoms with van der Waals surface area (Å²) >= 11 is 2.66. The minimum Gasteiger partial charge on any atom is -0.548 e. The number of carboxylic acids is 1. The third-order valence-electron chi connectivity index (χ3n) is 5.96. The Morgan fingerprint density at radius 1 is 1.09 bits per heavy atom. The van der Waals surface area contributed by atoms with Crippen molar-refractivity contribution in [3.63, 3.8) is 0 Å². The molecule has 2 aromatic heterocycles. The molecule has 0 radical (unpaired) electrons. The number of rotatable bonds is 8. The van der Waals surface area contributed by atoms with Crippen LogP contribution in [0.25, 0.3) is 15.9 Å².